The zero-order chi connectivity index (χ0) is 27.9. The number of nitrogens with one attached hydrogen (secondary N) is 2. The van der Waals surface area contributed by atoms with Crippen LogP contribution in [0.3, 0.4) is 0 Å². The van der Waals surface area contributed by atoms with Crippen LogP contribution < -0.4 is 15.5 Å². The van der Waals surface area contributed by atoms with E-state index in [-0.39, 0.29) is 5.92 Å². The number of anilines is 3. The van der Waals surface area contributed by atoms with Gasteiger partial charge >= 0.3 is 0 Å². The summed E-state index contributed by atoms with van der Waals surface area (Å²) in [5.74, 6) is -0.0300. The highest BCUT2D eigenvalue weighted by Crippen LogP contribution is 2.38. The molecular weight excluding hydrogens is 533 g/mol. The van der Waals surface area contributed by atoms with Gasteiger partial charge in [0.1, 0.15) is 0 Å². The van der Waals surface area contributed by atoms with E-state index >= 15 is 0 Å². The summed E-state index contributed by atoms with van der Waals surface area (Å²) < 4.78 is 0. The summed E-state index contributed by atoms with van der Waals surface area (Å²) in [6.45, 7) is 1.42. The summed E-state index contributed by atoms with van der Waals surface area (Å²) in [6, 6.07) is 41.9. The van der Waals surface area contributed by atoms with E-state index in [9.17, 15) is 0 Å². The number of benzene rings is 5. The van der Waals surface area contributed by atoms with Crippen LogP contribution in [0.2, 0.25) is 10.0 Å². The molecule has 5 rings (SSSR count). The van der Waals surface area contributed by atoms with E-state index in [0.717, 1.165) is 28.2 Å². The first-order valence-electron chi connectivity index (χ1n) is 13.4. The molecule has 2 N–H and O–H groups in total. The molecule has 3 nitrogen and oxygen atoms in total. The maximum Gasteiger partial charge on any atom is 0.0640 e. The molecule has 0 bridgehead atoms. The molecule has 0 aliphatic rings. The van der Waals surface area contributed by atoms with Crippen LogP contribution in [0.25, 0.3) is 0 Å². The zero-order valence-corrected chi connectivity index (χ0v) is 24.3. The van der Waals surface area contributed by atoms with Gasteiger partial charge in [0.05, 0.1) is 21.4 Å². The van der Waals surface area contributed by atoms with Crippen LogP contribution in [0.4, 0.5) is 17.1 Å². The largest absolute Gasteiger partial charge is 0.380 e. The lowest BCUT2D eigenvalue weighted by Gasteiger charge is -2.22. The molecule has 5 heteroatoms. The highest BCUT2D eigenvalue weighted by atomic mass is 35.5. The zero-order valence-electron chi connectivity index (χ0n) is 22.7. The molecule has 0 spiro atoms. The summed E-state index contributed by atoms with van der Waals surface area (Å²) in [4.78, 5) is 2.10. The Morgan fingerprint density at radius 2 is 0.975 bits per heavy atom. The Balaban J connectivity index is 1.44. The predicted molar refractivity (Wildman–Crippen MR) is 172 cm³/mol. The third-order valence-electron chi connectivity index (χ3n) is 7.05. The van der Waals surface area contributed by atoms with Crippen LogP contribution in [0, 0.1) is 0 Å². The van der Waals surface area contributed by atoms with Crippen molar-refractivity contribution in [3.63, 3.8) is 0 Å². The van der Waals surface area contributed by atoms with Gasteiger partial charge < -0.3 is 15.5 Å². The van der Waals surface area contributed by atoms with Gasteiger partial charge in [-0.15, -0.1) is 0 Å². The molecule has 0 saturated carbocycles. The lowest BCUT2D eigenvalue weighted by Crippen LogP contribution is -2.09. The van der Waals surface area contributed by atoms with Crippen molar-refractivity contribution < 1.29 is 0 Å². The highest BCUT2D eigenvalue weighted by Gasteiger charge is 2.20. The Hall–Kier alpha value is -3.92. The average Bonchev–Trinajstić information content (AvgIpc) is 2.98. The van der Waals surface area contributed by atoms with Crippen LogP contribution >= 0.6 is 23.2 Å². The maximum absolute atomic E-state index is 6.83. The molecule has 40 heavy (non-hydrogen) atoms. The first-order chi connectivity index (χ1) is 19.5. The first-order valence-corrected chi connectivity index (χ1v) is 14.2. The second-order valence-electron chi connectivity index (χ2n) is 10.1. The molecule has 0 aliphatic heterocycles. The van der Waals surface area contributed by atoms with Crippen molar-refractivity contribution in [2.24, 2.45) is 0 Å². The number of hydrogen-bond donors (Lipinski definition) is 2. The van der Waals surface area contributed by atoms with Crippen molar-refractivity contribution in [3.8, 4) is 0 Å². The highest BCUT2D eigenvalue weighted by molar-refractivity contribution is 6.33. The Bertz CT molecular complexity index is 1440. The van der Waals surface area contributed by atoms with Crippen LogP contribution in [-0.4, -0.2) is 14.1 Å². The number of halogens is 2. The monoisotopic (exact) mass is 565 g/mol. The van der Waals surface area contributed by atoms with Crippen molar-refractivity contribution in [2.45, 2.75) is 19.0 Å². The number of hydrogen-bond acceptors (Lipinski definition) is 3. The molecule has 0 radical (unpaired) electrons. The van der Waals surface area contributed by atoms with Crippen molar-refractivity contribution in [1.29, 1.82) is 0 Å². The minimum Gasteiger partial charge on any atom is -0.380 e. The Kier molecular flexibility index (Phi) is 8.95. The van der Waals surface area contributed by atoms with Crippen molar-refractivity contribution in [3.05, 3.63) is 159 Å². The van der Waals surface area contributed by atoms with Gasteiger partial charge in [0.25, 0.3) is 0 Å². The summed E-state index contributed by atoms with van der Waals surface area (Å²) in [6.07, 6.45) is 0. The third kappa shape index (κ3) is 6.80. The van der Waals surface area contributed by atoms with Crippen LogP contribution in [0.5, 0.6) is 0 Å². The second kappa shape index (κ2) is 13.0. The quantitative estimate of drug-likeness (QED) is 0.165. The standard InChI is InChI=1S/C35H33Cl2N3/c1-40(2)30-17-13-27(14-18-30)35(28-15-19-33(31(36)21-28)38-23-25-9-5-3-6-10-25)29-16-20-34(32(37)22-29)39-24-26-11-7-4-8-12-26/h3-22,35,38-39H,23-24H2,1-2H3. The number of rotatable bonds is 10. The van der Waals surface area contributed by atoms with Crippen LogP contribution in [0.1, 0.15) is 33.7 Å². The van der Waals surface area contributed by atoms with E-state index < -0.39 is 0 Å². The predicted octanol–water partition coefficient (Wildman–Crippen LogP) is 9.46. The van der Waals surface area contributed by atoms with Crippen molar-refractivity contribution in [1.82, 2.24) is 0 Å². The van der Waals surface area contributed by atoms with Gasteiger partial charge in [-0.3, -0.25) is 0 Å². The van der Waals surface area contributed by atoms with Gasteiger partial charge in [-0.1, -0.05) is 108 Å². The number of nitrogens with zero attached hydrogens (tertiary/aromatic N) is 1. The van der Waals surface area contributed by atoms with Gasteiger partial charge in [-0.2, -0.15) is 0 Å². The molecule has 0 unspecified atom stereocenters. The van der Waals surface area contributed by atoms with Crippen molar-refractivity contribution in [2.75, 3.05) is 29.6 Å². The van der Waals surface area contributed by atoms with E-state index in [1.54, 1.807) is 0 Å². The van der Waals surface area contributed by atoms with Crippen molar-refractivity contribution >= 4 is 40.3 Å². The molecule has 5 aromatic rings. The second-order valence-corrected chi connectivity index (χ2v) is 10.9. The van der Waals surface area contributed by atoms with Crippen LogP contribution in [0.15, 0.2) is 121 Å². The Morgan fingerprint density at radius 3 is 1.38 bits per heavy atom. The lowest BCUT2D eigenvalue weighted by atomic mass is 9.85. The summed E-state index contributed by atoms with van der Waals surface area (Å²) >= 11 is 13.7. The third-order valence-corrected chi connectivity index (χ3v) is 7.67. The van der Waals surface area contributed by atoms with Gasteiger partial charge in [0, 0.05) is 38.8 Å². The molecule has 0 amide bonds. The van der Waals surface area contributed by atoms with E-state index in [1.807, 2.05) is 50.5 Å². The molecule has 0 atom stereocenters. The molecule has 0 fully saturated rings. The van der Waals surface area contributed by atoms with Gasteiger partial charge in [-0.05, 0) is 64.2 Å². The normalized spacial score (nSPS) is 10.9. The van der Waals surface area contributed by atoms with Crippen LogP contribution in [-0.2, 0) is 13.1 Å². The molecule has 0 aromatic heterocycles. The van der Waals surface area contributed by atoms with Gasteiger partial charge in [0.2, 0.25) is 0 Å². The molecule has 0 aliphatic carbocycles. The van der Waals surface area contributed by atoms with E-state index in [2.05, 4.69) is 100 Å². The average molecular weight is 567 g/mol. The molecule has 5 aromatic carbocycles. The first kappa shape index (κ1) is 27.6. The minimum absolute atomic E-state index is 0.0300. The topological polar surface area (TPSA) is 27.3 Å². The van der Waals surface area contributed by atoms with E-state index in [1.165, 1.54) is 16.7 Å². The van der Waals surface area contributed by atoms with Gasteiger partial charge in [0.15, 0.2) is 0 Å². The smallest absolute Gasteiger partial charge is 0.0640 e. The fourth-order valence-electron chi connectivity index (χ4n) is 4.84. The van der Waals surface area contributed by atoms with E-state index in [0.29, 0.717) is 23.1 Å². The molecule has 0 saturated heterocycles. The fourth-order valence-corrected chi connectivity index (χ4v) is 5.35. The Labute approximate surface area is 247 Å². The summed E-state index contributed by atoms with van der Waals surface area (Å²) in [5, 5.41) is 8.32. The molecule has 0 heterocycles. The lowest BCUT2D eigenvalue weighted by molar-refractivity contribution is 0.974. The van der Waals surface area contributed by atoms with Gasteiger partial charge in [-0.25, -0.2) is 0 Å². The molecule has 202 valence electrons. The summed E-state index contributed by atoms with van der Waals surface area (Å²) in [5.41, 5.74) is 8.77. The summed E-state index contributed by atoms with van der Waals surface area (Å²) in [7, 11) is 4.10. The van der Waals surface area contributed by atoms with E-state index in [4.69, 9.17) is 23.2 Å². The SMILES string of the molecule is CN(C)c1ccc(C(c2ccc(NCc3ccccc3)c(Cl)c2)c2ccc(NCc3ccccc3)c(Cl)c2)cc1. The fraction of sp³-hybridized carbons (Fsp3) is 0.143. The minimum atomic E-state index is -0.0300. The Morgan fingerprint density at radius 1 is 0.550 bits per heavy atom. The molecular formula is C35H33Cl2N3. The maximum atomic E-state index is 6.83.